The molecule has 0 aromatic carbocycles. The van der Waals surface area contributed by atoms with Crippen LogP contribution in [0.5, 0.6) is 0 Å². The number of carbonyl (C=O) groups excluding carboxylic acids is 2. The molecule has 2 fully saturated rings. The van der Waals surface area contributed by atoms with Crippen molar-refractivity contribution in [1.29, 1.82) is 0 Å². The van der Waals surface area contributed by atoms with E-state index in [0.717, 1.165) is 44.6 Å². The fourth-order valence-corrected chi connectivity index (χ4v) is 4.84. The maximum absolute atomic E-state index is 13.1. The summed E-state index contributed by atoms with van der Waals surface area (Å²) in [5.41, 5.74) is 0.0335. The molecule has 0 radical (unpaired) electrons. The molecule has 2 aliphatic rings. The number of aromatic nitrogens is 2. The molecule has 2 amide bonds. The Morgan fingerprint density at radius 1 is 1.13 bits per heavy atom. The van der Waals surface area contributed by atoms with Gasteiger partial charge < -0.3 is 20.0 Å². The molecular weight excluding hydrogens is 392 g/mol. The number of rotatable bonds is 7. The first-order valence-corrected chi connectivity index (χ1v) is 11.5. The smallest absolute Gasteiger partial charge is 0.227 e. The van der Waals surface area contributed by atoms with Crippen molar-refractivity contribution in [1.82, 2.24) is 25.1 Å². The summed E-state index contributed by atoms with van der Waals surface area (Å²) in [4.78, 5) is 40.6. The average molecular weight is 431 g/mol. The number of nitrogens with zero attached hydrogens (tertiary/aromatic N) is 5. The first-order valence-electron chi connectivity index (χ1n) is 11.5. The molecule has 2 aliphatic heterocycles. The summed E-state index contributed by atoms with van der Waals surface area (Å²) in [7, 11) is 4.10. The molecular formula is C23H38N6O2. The predicted molar refractivity (Wildman–Crippen MR) is 122 cm³/mol. The lowest BCUT2D eigenvalue weighted by atomic mass is 9.90. The molecule has 1 aromatic heterocycles. The van der Waals surface area contributed by atoms with Crippen LogP contribution in [0.25, 0.3) is 0 Å². The van der Waals surface area contributed by atoms with Crippen molar-refractivity contribution in [3.05, 3.63) is 18.6 Å². The standard InChI is InChI=1S/C23H38N6O2/c1-23(2,17-27(3)4)16-26-21(30)18-7-12-28(13-8-18)22(31)19-6-5-11-29(15-19)20-14-24-9-10-25-20/h9-10,14,18-19H,5-8,11-13,15-17H2,1-4H3,(H,26,30). The average Bonchev–Trinajstić information content (AvgIpc) is 2.77. The third-order valence-corrected chi connectivity index (χ3v) is 6.31. The van der Waals surface area contributed by atoms with E-state index in [1.54, 1.807) is 18.6 Å². The Hall–Kier alpha value is -2.22. The summed E-state index contributed by atoms with van der Waals surface area (Å²) in [6.45, 7) is 8.87. The minimum Gasteiger partial charge on any atom is -0.355 e. The first kappa shape index (κ1) is 23.4. The zero-order valence-corrected chi connectivity index (χ0v) is 19.5. The monoisotopic (exact) mass is 430 g/mol. The summed E-state index contributed by atoms with van der Waals surface area (Å²) >= 11 is 0. The topological polar surface area (TPSA) is 81.7 Å². The molecule has 31 heavy (non-hydrogen) atoms. The van der Waals surface area contributed by atoms with Crippen LogP contribution in [-0.2, 0) is 9.59 Å². The molecule has 1 aromatic rings. The Balaban J connectivity index is 1.45. The van der Waals surface area contributed by atoms with Crippen LogP contribution in [0, 0.1) is 17.3 Å². The Morgan fingerprint density at radius 2 is 1.87 bits per heavy atom. The van der Waals surface area contributed by atoms with Gasteiger partial charge in [0.25, 0.3) is 0 Å². The molecule has 0 saturated carbocycles. The molecule has 1 N–H and O–H groups in total. The fraction of sp³-hybridized carbons (Fsp3) is 0.739. The highest BCUT2D eigenvalue weighted by molar-refractivity contribution is 5.81. The van der Waals surface area contributed by atoms with E-state index in [1.165, 1.54) is 0 Å². The van der Waals surface area contributed by atoms with E-state index >= 15 is 0 Å². The van der Waals surface area contributed by atoms with E-state index in [0.29, 0.717) is 26.2 Å². The third-order valence-electron chi connectivity index (χ3n) is 6.31. The van der Waals surface area contributed by atoms with Gasteiger partial charge in [-0.3, -0.25) is 14.6 Å². The normalized spacial score (nSPS) is 20.7. The van der Waals surface area contributed by atoms with Crippen LogP contribution in [0.2, 0.25) is 0 Å². The Labute approximate surface area is 186 Å². The lowest BCUT2D eigenvalue weighted by Gasteiger charge is -2.38. The van der Waals surface area contributed by atoms with Crippen LogP contribution in [-0.4, -0.2) is 84.9 Å². The minimum absolute atomic E-state index is 0.00153. The van der Waals surface area contributed by atoms with Gasteiger partial charge in [0.2, 0.25) is 11.8 Å². The Morgan fingerprint density at radius 3 is 2.52 bits per heavy atom. The predicted octanol–water partition coefficient (Wildman–Crippen LogP) is 1.64. The quantitative estimate of drug-likeness (QED) is 0.708. The highest BCUT2D eigenvalue weighted by Gasteiger charge is 2.33. The second kappa shape index (κ2) is 10.4. The van der Waals surface area contributed by atoms with E-state index in [2.05, 4.69) is 53.0 Å². The molecule has 8 nitrogen and oxygen atoms in total. The SMILES string of the molecule is CN(C)CC(C)(C)CNC(=O)C1CCN(C(=O)C2CCCN(c3cnccn3)C2)CC1. The third kappa shape index (κ3) is 6.63. The number of hydrogen-bond donors (Lipinski definition) is 1. The molecule has 0 spiro atoms. The molecule has 2 saturated heterocycles. The van der Waals surface area contributed by atoms with Gasteiger partial charge in [-0.2, -0.15) is 0 Å². The lowest BCUT2D eigenvalue weighted by Crippen LogP contribution is -2.49. The second-order valence-corrected chi connectivity index (χ2v) is 10.1. The van der Waals surface area contributed by atoms with Gasteiger partial charge in [0.05, 0.1) is 12.1 Å². The van der Waals surface area contributed by atoms with Crippen molar-refractivity contribution in [2.75, 3.05) is 58.3 Å². The number of hydrogen-bond acceptors (Lipinski definition) is 6. The number of anilines is 1. The number of nitrogens with one attached hydrogen (secondary N) is 1. The van der Waals surface area contributed by atoms with Crippen LogP contribution in [0.1, 0.15) is 39.5 Å². The second-order valence-electron chi connectivity index (χ2n) is 10.1. The molecule has 0 bridgehead atoms. The van der Waals surface area contributed by atoms with Crippen molar-refractivity contribution >= 4 is 17.6 Å². The molecule has 172 valence electrons. The maximum atomic E-state index is 13.1. The fourth-order valence-electron chi connectivity index (χ4n) is 4.84. The summed E-state index contributed by atoms with van der Waals surface area (Å²) in [6, 6.07) is 0. The van der Waals surface area contributed by atoms with E-state index in [4.69, 9.17) is 0 Å². The lowest BCUT2D eigenvalue weighted by molar-refractivity contribution is -0.139. The van der Waals surface area contributed by atoms with E-state index < -0.39 is 0 Å². The molecule has 8 heteroatoms. The summed E-state index contributed by atoms with van der Waals surface area (Å²) in [5.74, 6) is 1.19. The molecule has 0 aliphatic carbocycles. The van der Waals surface area contributed by atoms with Gasteiger partial charge in [-0.1, -0.05) is 13.8 Å². The van der Waals surface area contributed by atoms with Gasteiger partial charge >= 0.3 is 0 Å². The summed E-state index contributed by atoms with van der Waals surface area (Å²) in [5, 5.41) is 3.14. The van der Waals surface area contributed by atoms with Crippen LogP contribution < -0.4 is 10.2 Å². The van der Waals surface area contributed by atoms with Crippen molar-refractivity contribution < 1.29 is 9.59 Å². The Kier molecular flexibility index (Phi) is 7.86. The van der Waals surface area contributed by atoms with E-state index in [9.17, 15) is 9.59 Å². The number of piperidine rings is 2. The number of amides is 2. The van der Waals surface area contributed by atoms with Gasteiger partial charge in [-0.05, 0) is 45.2 Å². The molecule has 1 unspecified atom stereocenters. The largest absolute Gasteiger partial charge is 0.355 e. The van der Waals surface area contributed by atoms with Gasteiger partial charge in [-0.25, -0.2) is 4.98 Å². The van der Waals surface area contributed by atoms with Gasteiger partial charge in [0.1, 0.15) is 5.82 Å². The Bertz CT molecular complexity index is 731. The van der Waals surface area contributed by atoms with Crippen molar-refractivity contribution in [3.63, 3.8) is 0 Å². The van der Waals surface area contributed by atoms with Crippen LogP contribution in [0.3, 0.4) is 0 Å². The van der Waals surface area contributed by atoms with Crippen molar-refractivity contribution in [3.8, 4) is 0 Å². The van der Waals surface area contributed by atoms with Gasteiger partial charge in [0.15, 0.2) is 0 Å². The summed E-state index contributed by atoms with van der Waals surface area (Å²) in [6.07, 6.45) is 8.50. The van der Waals surface area contributed by atoms with Crippen LogP contribution >= 0.6 is 0 Å². The van der Waals surface area contributed by atoms with Crippen molar-refractivity contribution in [2.24, 2.45) is 17.3 Å². The first-order chi connectivity index (χ1) is 14.7. The van der Waals surface area contributed by atoms with E-state index in [1.807, 2.05) is 4.90 Å². The number of carbonyl (C=O) groups is 2. The maximum Gasteiger partial charge on any atom is 0.227 e. The van der Waals surface area contributed by atoms with Gasteiger partial charge in [0, 0.05) is 57.6 Å². The molecule has 1 atom stereocenters. The van der Waals surface area contributed by atoms with E-state index in [-0.39, 0.29) is 29.1 Å². The summed E-state index contributed by atoms with van der Waals surface area (Å²) < 4.78 is 0. The zero-order chi connectivity index (χ0) is 22.4. The van der Waals surface area contributed by atoms with Crippen LogP contribution in [0.15, 0.2) is 18.6 Å². The van der Waals surface area contributed by atoms with Crippen LogP contribution in [0.4, 0.5) is 5.82 Å². The minimum atomic E-state index is -0.00651. The van der Waals surface area contributed by atoms with Crippen molar-refractivity contribution in [2.45, 2.75) is 39.5 Å². The number of likely N-dealkylation sites (tertiary alicyclic amines) is 1. The zero-order valence-electron chi connectivity index (χ0n) is 19.5. The van der Waals surface area contributed by atoms with Gasteiger partial charge in [-0.15, -0.1) is 0 Å². The highest BCUT2D eigenvalue weighted by atomic mass is 16.2. The molecule has 3 rings (SSSR count). The highest BCUT2D eigenvalue weighted by Crippen LogP contribution is 2.25. The molecule has 3 heterocycles.